The molecule has 136 valence electrons. The van der Waals surface area contributed by atoms with Crippen molar-refractivity contribution in [2.45, 2.75) is 63.6 Å². The van der Waals surface area contributed by atoms with E-state index in [0.717, 1.165) is 19.3 Å². The largest absolute Gasteiger partial charge is 0.422 e. The maximum absolute atomic E-state index is 13.1. The van der Waals surface area contributed by atoms with Gasteiger partial charge in [0, 0.05) is 18.6 Å². The molecule has 0 amide bonds. The fourth-order valence-corrected chi connectivity index (χ4v) is 5.56. The molecular formula is C17H22N2O5S. The number of hydrogen-bond acceptors (Lipinski definition) is 5. The number of nitrogens with zero attached hydrogens (tertiary/aromatic N) is 2. The minimum Gasteiger partial charge on any atom is -0.372 e. The highest BCUT2D eigenvalue weighted by molar-refractivity contribution is 7.89. The smallest absolute Gasteiger partial charge is 0.372 e. The van der Waals surface area contributed by atoms with Gasteiger partial charge < -0.3 is 4.42 Å². The Balaban J connectivity index is 2.19. The second-order valence-corrected chi connectivity index (χ2v) is 8.39. The van der Waals surface area contributed by atoms with Crippen LogP contribution in [0.2, 0.25) is 0 Å². The van der Waals surface area contributed by atoms with Crippen LogP contribution in [0.15, 0.2) is 37.1 Å². The van der Waals surface area contributed by atoms with Crippen molar-refractivity contribution >= 4 is 20.9 Å². The van der Waals surface area contributed by atoms with Crippen LogP contribution in [0.5, 0.6) is 0 Å². The zero-order valence-electron chi connectivity index (χ0n) is 14.6. The van der Waals surface area contributed by atoms with E-state index in [9.17, 15) is 18.0 Å². The Morgan fingerprint density at radius 2 is 1.80 bits per heavy atom. The zero-order valence-corrected chi connectivity index (χ0v) is 15.4. The highest BCUT2D eigenvalue weighted by Crippen LogP contribution is 2.30. The van der Waals surface area contributed by atoms with Crippen LogP contribution in [0, 0.1) is 0 Å². The first-order valence-electron chi connectivity index (χ1n) is 8.48. The molecule has 8 heteroatoms. The summed E-state index contributed by atoms with van der Waals surface area (Å²) >= 11 is 0. The van der Waals surface area contributed by atoms with E-state index in [1.807, 2.05) is 13.8 Å². The number of hydrogen-bond donors (Lipinski definition) is 0. The van der Waals surface area contributed by atoms with Gasteiger partial charge in [0.05, 0.1) is 15.8 Å². The number of piperidine rings is 1. The van der Waals surface area contributed by atoms with Crippen LogP contribution in [0.4, 0.5) is 0 Å². The third kappa shape index (κ3) is 2.93. The second kappa shape index (κ2) is 6.42. The first kappa shape index (κ1) is 17.9. The van der Waals surface area contributed by atoms with Gasteiger partial charge in [-0.15, -0.1) is 0 Å². The van der Waals surface area contributed by atoms with Crippen molar-refractivity contribution in [1.82, 2.24) is 8.87 Å². The molecule has 1 aromatic heterocycles. The van der Waals surface area contributed by atoms with Crippen molar-refractivity contribution < 1.29 is 12.8 Å². The van der Waals surface area contributed by atoms with Gasteiger partial charge in [0.1, 0.15) is 0 Å². The Morgan fingerprint density at radius 3 is 2.40 bits per heavy atom. The summed E-state index contributed by atoms with van der Waals surface area (Å²) in [4.78, 5) is 23.9. The average Bonchev–Trinajstić information content (AvgIpc) is 2.54. The van der Waals surface area contributed by atoms with Gasteiger partial charge in [-0.1, -0.05) is 6.42 Å². The standard InChI is InChI=1S/C17H22N2O5S/c1-4-18-15-9-8-13(10-14(15)16(20)24-17(18)21)25(22,23)19-11(2)6-5-7-12(19)3/h8-12H,4-7H2,1-3H3. The third-order valence-corrected chi connectivity index (χ3v) is 7.01. The van der Waals surface area contributed by atoms with E-state index in [0.29, 0.717) is 12.1 Å². The fourth-order valence-electron chi connectivity index (χ4n) is 3.65. The van der Waals surface area contributed by atoms with Gasteiger partial charge in [-0.25, -0.2) is 18.0 Å². The molecule has 2 atom stereocenters. The molecule has 3 rings (SSSR count). The lowest BCUT2D eigenvalue weighted by Gasteiger charge is -2.37. The van der Waals surface area contributed by atoms with Crippen LogP contribution in [0.1, 0.15) is 40.0 Å². The zero-order chi connectivity index (χ0) is 18.4. The summed E-state index contributed by atoms with van der Waals surface area (Å²) < 4.78 is 33.8. The Kier molecular flexibility index (Phi) is 4.59. The molecule has 0 spiro atoms. The molecule has 1 aromatic carbocycles. The first-order chi connectivity index (χ1) is 11.8. The van der Waals surface area contributed by atoms with E-state index >= 15 is 0 Å². The number of sulfonamides is 1. The van der Waals surface area contributed by atoms with Gasteiger partial charge in [-0.2, -0.15) is 4.31 Å². The lowest BCUT2D eigenvalue weighted by atomic mass is 10.0. The van der Waals surface area contributed by atoms with Crippen molar-refractivity contribution in [2.24, 2.45) is 0 Å². The Labute approximate surface area is 145 Å². The van der Waals surface area contributed by atoms with Gasteiger partial charge in [0.2, 0.25) is 10.0 Å². The van der Waals surface area contributed by atoms with Gasteiger partial charge in [0.25, 0.3) is 0 Å². The van der Waals surface area contributed by atoms with Gasteiger partial charge in [-0.3, -0.25) is 4.57 Å². The van der Waals surface area contributed by atoms with E-state index in [1.165, 1.54) is 27.1 Å². The summed E-state index contributed by atoms with van der Waals surface area (Å²) in [6, 6.07) is 4.09. The molecule has 0 saturated carbocycles. The lowest BCUT2D eigenvalue weighted by Crippen LogP contribution is -2.47. The normalized spacial score (nSPS) is 22.4. The molecule has 2 aromatic rings. The number of aryl methyl sites for hydroxylation is 1. The quantitative estimate of drug-likeness (QED) is 0.828. The van der Waals surface area contributed by atoms with E-state index < -0.39 is 21.4 Å². The number of benzene rings is 1. The second-order valence-electron chi connectivity index (χ2n) is 6.54. The van der Waals surface area contributed by atoms with Crippen molar-refractivity contribution in [1.29, 1.82) is 0 Å². The van der Waals surface area contributed by atoms with Crippen molar-refractivity contribution in [3.05, 3.63) is 39.2 Å². The molecule has 1 aliphatic heterocycles. The molecule has 25 heavy (non-hydrogen) atoms. The average molecular weight is 366 g/mol. The van der Waals surface area contributed by atoms with Crippen LogP contribution in [0.25, 0.3) is 10.9 Å². The summed E-state index contributed by atoms with van der Waals surface area (Å²) in [5.74, 6) is -0.742. The molecule has 2 unspecified atom stereocenters. The Bertz CT molecular complexity index is 1010. The number of aromatic nitrogens is 1. The van der Waals surface area contributed by atoms with Crippen LogP contribution in [-0.2, 0) is 16.6 Å². The summed E-state index contributed by atoms with van der Waals surface area (Å²) in [5.41, 5.74) is -0.441. The van der Waals surface area contributed by atoms with Gasteiger partial charge in [0.15, 0.2) is 0 Å². The predicted molar refractivity (Wildman–Crippen MR) is 94.2 cm³/mol. The molecule has 1 saturated heterocycles. The van der Waals surface area contributed by atoms with Crippen LogP contribution in [-0.4, -0.2) is 29.4 Å². The van der Waals surface area contributed by atoms with Crippen LogP contribution < -0.4 is 11.4 Å². The predicted octanol–water partition coefficient (Wildman–Crippen LogP) is 1.93. The van der Waals surface area contributed by atoms with E-state index in [4.69, 9.17) is 4.42 Å². The Morgan fingerprint density at radius 1 is 1.16 bits per heavy atom. The first-order valence-corrected chi connectivity index (χ1v) is 9.92. The monoisotopic (exact) mass is 366 g/mol. The van der Waals surface area contributed by atoms with E-state index in [1.54, 1.807) is 6.92 Å². The summed E-state index contributed by atoms with van der Waals surface area (Å²) in [5, 5.41) is 0.0971. The van der Waals surface area contributed by atoms with Crippen LogP contribution in [0.3, 0.4) is 0 Å². The number of fused-ring (bicyclic) bond motifs is 1. The molecule has 7 nitrogen and oxygen atoms in total. The fraction of sp³-hybridized carbons (Fsp3) is 0.529. The highest BCUT2D eigenvalue weighted by Gasteiger charge is 2.35. The molecule has 2 heterocycles. The van der Waals surface area contributed by atoms with Crippen LogP contribution >= 0.6 is 0 Å². The highest BCUT2D eigenvalue weighted by atomic mass is 32.2. The molecular weight excluding hydrogens is 344 g/mol. The summed E-state index contributed by atoms with van der Waals surface area (Å²) in [6.45, 7) is 5.88. The maximum atomic E-state index is 13.1. The van der Waals surface area contributed by atoms with E-state index in [2.05, 4.69) is 0 Å². The van der Waals surface area contributed by atoms with E-state index in [-0.39, 0.29) is 22.4 Å². The molecule has 0 radical (unpaired) electrons. The van der Waals surface area contributed by atoms with Crippen molar-refractivity contribution in [3.8, 4) is 0 Å². The van der Waals surface area contributed by atoms with Crippen molar-refractivity contribution in [2.75, 3.05) is 0 Å². The van der Waals surface area contributed by atoms with Crippen molar-refractivity contribution in [3.63, 3.8) is 0 Å². The van der Waals surface area contributed by atoms with Gasteiger partial charge in [-0.05, 0) is 51.8 Å². The topological polar surface area (TPSA) is 89.6 Å². The molecule has 0 bridgehead atoms. The lowest BCUT2D eigenvalue weighted by molar-refractivity contribution is 0.204. The molecule has 1 aliphatic rings. The summed E-state index contributed by atoms with van der Waals surface area (Å²) in [6.07, 6.45) is 2.63. The Hall–Kier alpha value is -1.93. The molecule has 0 N–H and O–H groups in total. The number of rotatable bonds is 3. The minimum absolute atomic E-state index is 0.0502. The molecule has 0 aliphatic carbocycles. The third-order valence-electron chi connectivity index (χ3n) is 4.88. The maximum Gasteiger partial charge on any atom is 0.422 e. The molecule has 1 fully saturated rings. The SMILES string of the molecule is CCn1c(=O)oc(=O)c2cc(S(=O)(=O)N3C(C)CCCC3C)ccc21. The minimum atomic E-state index is -3.73. The summed E-state index contributed by atoms with van der Waals surface area (Å²) in [7, 11) is -3.73. The van der Waals surface area contributed by atoms with Gasteiger partial charge >= 0.3 is 11.4 Å².